The summed E-state index contributed by atoms with van der Waals surface area (Å²) in [5.41, 5.74) is 6.88. The Morgan fingerprint density at radius 1 is 1.41 bits per heavy atom. The molecule has 22 heavy (non-hydrogen) atoms. The summed E-state index contributed by atoms with van der Waals surface area (Å²) in [6.07, 6.45) is 0. The minimum absolute atomic E-state index is 0.384. The van der Waals surface area contributed by atoms with Crippen LogP contribution in [0.3, 0.4) is 0 Å². The molecule has 2 atom stereocenters. The van der Waals surface area contributed by atoms with Crippen LogP contribution in [0, 0.1) is 0 Å². The SMILES string of the molecule is C[C@H](CNc1nc(N)c2ccccc2n1)N1CCOC[C@@H]1C. The first-order valence-corrected chi connectivity index (χ1v) is 7.75. The van der Waals surface area contributed by atoms with Crippen molar-refractivity contribution in [2.75, 3.05) is 37.4 Å². The lowest BCUT2D eigenvalue weighted by molar-refractivity contribution is -0.0159. The van der Waals surface area contributed by atoms with Gasteiger partial charge in [0.05, 0.1) is 18.7 Å². The Kier molecular flexibility index (Phi) is 4.40. The monoisotopic (exact) mass is 301 g/mol. The Morgan fingerprint density at radius 3 is 3.05 bits per heavy atom. The molecule has 1 fully saturated rings. The van der Waals surface area contributed by atoms with Crippen molar-refractivity contribution in [2.24, 2.45) is 0 Å². The highest BCUT2D eigenvalue weighted by molar-refractivity contribution is 5.88. The standard InChI is InChI=1S/C16H23N5O/c1-11(21-7-8-22-10-12(21)2)9-18-16-19-14-6-4-3-5-13(14)15(17)20-16/h3-6,11-12H,7-10H2,1-2H3,(H3,17,18,19,20)/t11-,12+/m1/s1. The van der Waals surface area contributed by atoms with Crippen LogP contribution in [0.4, 0.5) is 11.8 Å². The molecule has 0 bridgehead atoms. The molecule has 0 saturated carbocycles. The largest absolute Gasteiger partial charge is 0.383 e. The molecule has 6 nitrogen and oxygen atoms in total. The van der Waals surface area contributed by atoms with Gasteiger partial charge in [-0.05, 0) is 26.0 Å². The zero-order valence-electron chi connectivity index (χ0n) is 13.1. The van der Waals surface area contributed by atoms with Crippen LogP contribution >= 0.6 is 0 Å². The maximum Gasteiger partial charge on any atom is 0.225 e. The fraction of sp³-hybridized carbons (Fsp3) is 0.500. The van der Waals surface area contributed by atoms with Crippen LogP contribution in [0.2, 0.25) is 0 Å². The molecule has 2 aromatic rings. The number of para-hydroxylation sites is 1. The van der Waals surface area contributed by atoms with Crippen molar-refractivity contribution in [3.05, 3.63) is 24.3 Å². The molecule has 3 N–H and O–H groups in total. The first-order chi connectivity index (χ1) is 10.6. The first-order valence-electron chi connectivity index (χ1n) is 7.75. The predicted molar refractivity (Wildman–Crippen MR) is 88.9 cm³/mol. The maximum atomic E-state index is 6.01. The number of ether oxygens (including phenoxy) is 1. The number of rotatable bonds is 4. The van der Waals surface area contributed by atoms with Crippen molar-refractivity contribution < 1.29 is 4.74 Å². The average molecular weight is 301 g/mol. The van der Waals surface area contributed by atoms with Gasteiger partial charge in [0.2, 0.25) is 5.95 Å². The molecular formula is C16H23N5O. The Hall–Kier alpha value is -1.92. The number of fused-ring (bicyclic) bond motifs is 1. The number of nitrogen functional groups attached to an aromatic ring is 1. The molecule has 0 aliphatic carbocycles. The molecule has 2 heterocycles. The molecule has 1 aromatic carbocycles. The van der Waals surface area contributed by atoms with Crippen LogP contribution in [0.25, 0.3) is 10.9 Å². The second-order valence-corrected chi connectivity index (χ2v) is 5.84. The summed E-state index contributed by atoms with van der Waals surface area (Å²) >= 11 is 0. The number of hydrogen-bond acceptors (Lipinski definition) is 6. The van der Waals surface area contributed by atoms with Crippen LogP contribution in [0.15, 0.2) is 24.3 Å². The quantitative estimate of drug-likeness (QED) is 0.896. The molecule has 1 saturated heterocycles. The molecule has 1 aliphatic rings. The second kappa shape index (κ2) is 6.46. The van der Waals surface area contributed by atoms with E-state index >= 15 is 0 Å². The number of nitrogens with two attached hydrogens (primary N) is 1. The van der Waals surface area contributed by atoms with E-state index in [1.54, 1.807) is 0 Å². The highest BCUT2D eigenvalue weighted by Crippen LogP contribution is 2.19. The number of nitrogens with one attached hydrogen (secondary N) is 1. The fourth-order valence-electron chi connectivity index (χ4n) is 2.93. The van der Waals surface area contributed by atoms with Crippen molar-refractivity contribution in [3.63, 3.8) is 0 Å². The average Bonchev–Trinajstić information content (AvgIpc) is 2.53. The van der Waals surface area contributed by atoms with Crippen molar-refractivity contribution in [2.45, 2.75) is 25.9 Å². The van der Waals surface area contributed by atoms with Crippen molar-refractivity contribution >= 4 is 22.7 Å². The van der Waals surface area contributed by atoms with Gasteiger partial charge in [-0.2, -0.15) is 4.98 Å². The number of benzene rings is 1. The van der Waals surface area contributed by atoms with Gasteiger partial charge in [0.15, 0.2) is 0 Å². The Bertz CT molecular complexity index is 647. The van der Waals surface area contributed by atoms with E-state index in [-0.39, 0.29) is 0 Å². The summed E-state index contributed by atoms with van der Waals surface area (Å²) < 4.78 is 5.49. The summed E-state index contributed by atoms with van der Waals surface area (Å²) in [6, 6.07) is 8.61. The van der Waals surface area contributed by atoms with E-state index in [0.29, 0.717) is 23.8 Å². The zero-order valence-corrected chi connectivity index (χ0v) is 13.1. The van der Waals surface area contributed by atoms with Crippen LogP contribution in [0.5, 0.6) is 0 Å². The third-order valence-corrected chi connectivity index (χ3v) is 4.17. The van der Waals surface area contributed by atoms with E-state index in [0.717, 1.165) is 37.2 Å². The number of anilines is 2. The van der Waals surface area contributed by atoms with Crippen molar-refractivity contribution in [1.82, 2.24) is 14.9 Å². The van der Waals surface area contributed by atoms with Crippen LogP contribution < -0.4 is 11.1 Å². The molecule has 1 aliphatic heterocycles. The lowest BCUT2D eigenvalue weighted by Crippen LogP contribution is -2.50. The van der Waals surface area contributed by atoms with E-state index in [4.69, 9.17) is 10.5 Å². The summed E-state index contributed by atoms with van der Waals surface area (Å²) in [5, 5.41) is 4.20. The predicted octanol–water partition coefficient (Wildman–Crippen LogP) is 1.73. The Balaban J connectivity index is 1.68. The summed E-state index contributed by atoms with van der Waals surface area (Å²) in [5.74, 6) is 1.10. The molecule has 118 valence electrons. The van der Waals surface area contributed by atoms with Gasteiger partial charge in [-0.15, -0.1) is 0 Å². The second-order valence-electron chi connectivity index (χ2n) is 5.84. The zero-order chi connectivity index (χ0) is 15.5. The third kappa shape index (κ3) is 3.13. The highest BCUT2D eigenvalue weighted by atomic mass is 16.5. The van der Waals surface area contributed by atoms with Gasteiger partial charge < -0.3 is 15.8 Å². The van der Waals surface area contributed by atoms with Gasteiger partial charge in [0, 0.05) is 30.6 Å². The van der Waals surface area contributed by atoms with Gasteiger partial charge in [0.1, 0.15) is 5.82 Å². The summed E-state index contributed by atoms with van der Waals surface area (Å²) in [7, 11) is 0. The molecule has 3 rings (SSSR count). The van der Waals surface area contributed by atoms with E-state index in [2.05, 4.69) is 34.0 Å². The van der Waals surface area contributed by atoms with Gasteiger partial charge in [0.25, 0.3) is 0 Å². The maximum absolute atomic E-state index is 6.01. The molecule has 0 radical (unpaired) electrons. The van der Waals surface area contributed by atoms with Crippen molar-refractivity contribution in [3.8, 4) is 0 Å². The van der Waals surface area contributed by atoms with E-state index in [1.165, 1.54) is 0 Å². The Labute approximate surface area is 130 Å². The fourth-order valence-corrected chi connectivity index (χ4v) is 2.93. The lowest BCUT2D eigenvalue weighted by Gasteiger charge is -2.37. The molecule has 6 heteroatoms. The van der Waals surface area contributed by atoms with Crippen molar-refractivity contribution in [1.29, 1.82) is 0 Å². The minimum Gasteiger partial charge on any atom is -0.383 e. The van der Waals surface area contributed by atoms with Gasteiger partial charge in [-0.3, -0.25) is 4.90 Å². The van der Waals surface area contributed by atoms with Crippen LogP contribution in [-0.2, 0) is 4.74 Å². The normalized spacial score (nSPS) is 20.9. The summed E-state index contributed by atoms with van der Waals surface area (Å²) in [6.45, 7) is 7.74. The first kappa shape index (κ1) is 15.0. The lowest BCUT2D eigenvalue weighted by atomic mass is 10.2. The molecule has 0 spiro atoms. The summed E-state index contributed by atoms with van der Waals surface area (Å²) in [4.78, 5) is 11.3. The number of aromatic nitrogens is 2. The van der Waals surface area contributed by atoms with Crippen LogP contribution in [-0.4, -0.2) is 53.3 Å². The molecule has 1 aromatic heterocycles. The topological polar surface area (TPSA) is 76.3 Å². The van der Waals surface area contributed by atoms with Gasteiger partial charge >= 0.3 is 0 Å². The third-order valence-electron chi connectivity index (χ3n) is 4.17. The van der Waals surface area contributed by atoms with E-state index < -0.39 is 0 Å². The smallest absolute Gasteiger partial charge is 0.225 e. The van der Waals surface area contributed by atoms with Gasteiger partial charge in [-0.1, -0.05) is 12.1 Å². The van der Waals surface area contributed by atoms with Gasteiger partial charge in [-0.25, -0.2) is 4.98 Å². The van der Waals surface area contributed by atoms with E-state index in [1.807, 2.05) is 24.3 Å². The molecule has 0 amide bonds. The van der Waals surface area contributed by atoms with E-state index in [9.17, 15) is 0 Å². The van der Waals surface area contributed by atoms with Crippen LogP contribution in [0.1, 0.15) is 13.8 Å². The highest BCUT2D eigenvalue weighted by Gasteiger charge is 2.23. The molecular weight excluding hydrogens is 278 g/mol. The number of morpholine rings is 1. The number of nitrogens with zero attached hydrogens (tertiary/aromatic N) is 3. The number of hydrogen-bond donors (Lipinski definition) is 2. The molecule has 0 unspecified atom stereocenters. The Morgan fingerprint density at radius 2 is 2.23 bits per heavy atom. The minimum atomic E-state index is 0.384.